The average Bonchev–Trinajstić information content (AvgIpc) is 3.23. The first-order valence-corrected chi connectivity index (χ1v) is 12.1. The van der Waals surface area contributed by atoms with Crippen LogP contribution in [-0.2, 0) is 16.0 Å². The number of hydrogen-bond donors (Lipinski definition) is 2. The van der Waals surface area contributed by atoms with Crippen molar-refractivity contribution in [2.24, 2.45) is 5.92 Å². The van der Waals surface area contributed by atoms with Gasteiger partial charge in [0.05, 0.1) is 29.7 Å². The number of amides is 1. The van der Waals surface area contributed by atoms with Crippen LogP contribution in [-0.4, -0.2) is 39.9 Å². The Kier molecular flexibility index (Phi) is 6.27. The second-order valence-corrected chi connectivity index (χ2v) is 9.56. The number of carboxylic acids is 1. The van der Waals surface area contributed by atoms with E-state index >= 15 is 0 Å². The van der Waals surface area contributed by atoms with E-state index in [0.29, 0.717) is 43.7 Å². The van der Waals surface area contributed by atoms with Crippen molar-refractivity contribution in [3.63, 3.8) is 0 Å². The largest absolute Gasteiger partial charge is 0.481 e. The number of fused-ring (bicyclic) bond motifs is 3. The zero-order chi connectivity index (χ0) is 25.6. The van der Waals surface area contributed by atoms with Gasteiger partial charge in [0, 0.05) is 29.4 Å². The summed E-state index contributed by atoms with van der Waals surface area (Å²) in [4.78, 5) is 30.5. The van der Waals surface area contributed by atoms with Crippen LogP contribution in [0.3, 0.4) is 0 Å². The van der Waals surface area contributed by atoms with Crippen LogP contribution < -0.4 is 10.2 Å². The number of carboxylic acid groups (broad SMARTS) is 1. The van der Waals surface area contributed by atoms with Gasteiger partial charge in [-0.15, -0.1) is 0 Å². The van der Waals surface area contributed by atoms with Crippen molar-refractivity contribution in [1.82, 2.24) is 9.55 Å². The molecule has 1 fully saturated rings. The van der Waals surface area contributed by atoms with E-state index < -0.39 is 23.7 Å². The first kappa shape index (κ1) is 24.0. The third-order valence-electron chi connectivity index (χ3n) is 7.41. The smallest absolute Gasteiger partial charge is 0.414 e. The normalized spacial score (nSPS) is 21.8. The molecule has 5 rings (SSSR count). The number of aliphatic carboxylic acids is 1. The van der Waals surface area contributed by atoms with Gasteiger partial charge in [-0.05, 0) is 69.7 Å². The van der Waals surface area contributed by atoms with E-state index in [1.807, 2.05) is 23.6 Å². The molecule has 36 heavy (non-hydrogen) atoms. The molecule has 1 aromatic heterocycles. The summed E-state index contributed by atoms with van der Waals surface area (Å²) in [6, 6.07) is 7.34. The number of carbonyl (C=O) groups is 2. The number of ether oxygens (including phenoxy) is 1. The molecule has 2 aromatic carbocycles. The molecule has 190 valence electrons. The van der Waals surface area contributed by atoms with E-state index in [4.69, 9.17) is 9.72 Å². The molecule has 1 unspecified atom stereocenters. The molecule has 0 radical (unpaired) electrons. The van der Waals surface area contributed by atoms with E-state index in [2.05, 4.69) is 5.32 Å². The molecule has 0 spiro atoms. The van der Waals surface area contributed by atoms with E-state index in [-0.39, 0.29) is 18.0 Å². The molecular weight excluding hydrogens is 470 g/mol. The highest BCUT2D eigenvalue weighted by atomic mass is 19.2. The summed E-state index contributed by atoms with van der Waals surface area (Å²) in [5.41, 5.74) is 3.58. The summed E-state index contributed by atoms with van der Waals surface area (Å²) in [7, 11) is 1.36. The van der Waals surface area contributed by atoms with E-state index in [0.717, 1.165) is 40.8 Å². The van der Waals surface area contributed by atoms with Gasteiger partial charge in [0.25, 0.3) is 0 Å². The standard InChI is InChI=1S/C26H28F2N4O4/c1-14-3-9-18-21(31(14)26(35)36-2)11-12-22-23(18)30-25(29-16-6-10-19(27)20(28)13-16)32(22)17-7-4-15(5-8-17)24(33)34/h6,10-15,17H,3-5,7-9H2,1-2H3,(H,29,30)(H,33,34). The lowest BCUT2D eigenvalue weighted by atomic mass is 9.86. The minimum absolute atomic E-state index is 0.0179. The van der Waals surface area contributed by atoms with Crippen molar-refractivity contribution in [3.8, 4) is 0 Å². The molecule has 10 heteroatoms. The van der Waals surface area contributed by atoms with Crippen molar-refractivity contribution >= 4 is 40.4 Å². The fourth-order valence-electron chi connectivity index (χ4n) is 5.52. The minimum Gasteiger partial charge on any atom is -0.481 e. The Morgan fingerprint density at radius 2 is 1.83 bits per heavy atom. The third-order valence-corrected chi connectivity index (χ3v) is 7.41. The number of halogens is 2. The zero-order valence-corrected chi connectivity index (χ0v) is 20.1. The molecule has 2 aliphatic rings. The van der Waals surface area contributed by atoms with Gasteiger partial charge < -0.3 is 19.7 Å². The monoisotopic (exact) mass is 498 g/mol. The van der Waals surface area contributed by atoms with Crippen LogP contribution in [0.5, 0.6) is 0 Å². The highest BCUT2D eigenvalue weighted by molar-refractivity contribution is 5.96. The minimum atomic E-state index is -0.968. The maximum atomic E-state index is 13.9. The number of methoxy groups -OCH3 is 1. The van der Waals surface area contributed by atoms with Gasteiger partial charge in [-0.2, -0.15) is 0 Å². The van der Waals surface area contributed by atoms with Gasteiger partial charge in [-0.3, -0.25) is 9.69 Å². The quantitative estimate of drug-likeness (QED) is 0.473. The van der Waals surface area contributed by atoms with Gasteiger partial charge in [0.15, 0.2) is 11.6 Å². The highest BCUT2D eigenvalue weighted by Crippen LogP contribution is 2.42. The highest BCUT2D eigenvalue weighted by Gasteiger charge is 2.33. The summed E-state index contributed by atoms with van der Waals surface area (Å²) in [6.07, 6.45) is 3.41. The lowest BCUT2D eigenvalue weighted by Crippen LogP contribution is -2.42. The Bertz CT molecular complexity index is 1330. The van der Waals surface area contributed by atoms with Gasteiger partial charge in [0.1, 0.15) is 0 Å². The number of rotatable bonds is 4. The number of nitrogens with one attached hydrogen (secondary N) is 1. The number of benzene rings is 2. The van der Waals surface area contributed by atoms with Gasteiger partial charge >= 0.3 is 12.1 Å². The Morgan fingerprint density at radius 3 is 2.50 bits per heavy atom. The number of aryl methyl sites for hydroxylation is 1. The first-order valence-electron chi connectivity index (χ1n) is 12.1. The average molecular weight is 499 g/mol. The molecule has 2 heterocycles. The van der Waals surface area contributed by atoms with Crippen LogP contribution in [0.15, 0.2) is 30.3 Å². The van der Waals surface area contributed by atoms with Crippen molar-refractivity contribution in [1.29, 1.82) is 0 Å². The number of nitrogens with zero attached hydrogens (tertiary/aromatic N) is 3. The molecule has 8 nitrogen and oxygen atoms in total. The predicted molar refractivity (Wildman–Crippen MR) is 131 cm³/mol. The molecule has 1 saturated carbocycles. The van der Waals surface area contributed by atoms with E-state index in [1.165, 1.54) is 13.2 Å². The molecule has 1 aliphatic carbocycles. The van der Waals surface area contributed by atoms with Crippen molar-refractivity contribution in [3.05, 3.63) is 47.5 Å². The molecule has 1 aliphatic heterocycles. The first-order chi connectivity index (χ1) is 17.3. The Hall–Kier alpha value is -3.69. The predicted octanol–water partition coefficient (Wildman–Crippen LogP) is 5.78. The maximum Gasteiger partial charge on any atom is 0.414 e. The van der Waals surface area contributed by atoms with Crippen molar-refractivity contribution in [2.75, 3.05) is 17.3 Å². The lowest BCUT2D eigenvalue weighted by Gasteiger charge is -2.34. The summed E-state index contributed by atoms with van der Waals surface area (Å²) >= 11 is 0. The Balaban J connectivity index is 1.62. The van der Waals surface area contributed by atoms with Crippen LogP contribution >= 0.6 is 0 Å². The van der Waals surface area contributed by atoms with Crippen LogP contribution in [0.1, 0.15) is 50.6 Å². The van der Waals surface area contributed by atoms with Crippen LogP contribution in [0.2, 0.25) is 0 Å². The third kappa shape index (κ3) is 4.14. The fourth-order valence-corrected chi connectivity index (χ4v) is 5.52. The number of hydrogen-bond acceptors (Lipinski definition) is 5. The zero-order valence-electron chi connectivity index (χ0n) is 20.1. The molecular formula is C26H28F2N4O4. The molecule has 0 saturated heterocycles. The summed E-state index contributed by atoms with van der Waals surface area (Å²) in [5, 5.41) is 12.6. The van der Waals surface area contributed by atoms with Crippen LogP contribution in [0.4, 0.5) is 30.9 Å². The SMILES string of the molecule is COC(=O)N1c2ccc3c(nc(Nc4ccc(F)c(F)c4)n3C3CCC(C(=O)O)CC3)c2CCC1C. The molecule has 2 N–H and O–H groups in total. The van der Waals surface area contributed by atoms with Gasteiger partial charge in [0.2, 0.25) is 5.95 Å². The number of carbonyl (C=O) groups excluding carboxylic acids is 1. The number of anilines is 3. The number of imidazole rings is 1. The Labute approximate surface area is 206 Å². The van der Waals surface area contributed by atoms with Crippen LogP contribution in [0, 0.1) is 17.6 Å². The van der Waals surface area contributed by atoms with E-state index in [1.54, 1.807) is 4.90 Å². The summed E-state index contributed by atoms with van der Waals surface area (Å²) < 4.78 is 34.5. The van der Waals surface area contributed by atoms with E-state index in [9.17, 15) is 23.5 Å². The molecule has 3 aromatic rings. The van der Waals surface area contributed by atoms with Crippen molar-refractivity contribution in [2.45, 2.75) is 57.5 Å². The molecule has 1 atom stereocenters. The topological polar surface area (TPSA) is 96.7 Å². The Morgan fingerprint density at radius 1 is 1.08 bits per heavy atom. The lowest BCUT2D eigenvalue weighted by molar-refractivity contribution is -0.143. The van der Waals surface area contributed by atoms with Gasteiger partial charge in [-0.1, -0.05) is 0 Å². The summed E-state index contributed by atoms with van der Waals surface area (Å²) in [6.45, 7) is 1.97. The molecule has 0 bridgehead atoms. The van der Waals surface area contributed by atoms with Crippen LogP contribution in [0.25, 0.3) is 11.0 Å². The number of aromatic nitrogens is 2. The van der Waals surface area contributed by atoms with Gasteiger partial charge in [-0.25, -0.2) is 18.6 Å². The summed E-state index contributed by atoms with van der Waals surface area (Å²) in [5.74, 6) is -2.60. The maximum absolute atomic E-state index is 13.9. The molecule has 1 amide bonds. The second kappa shape index (κ2) is 9.40. The van der Waals surface area contributed by atoms with Crippen molar-refractivity contribution < 1.29 is 28.2 Å². The fraction of sp³-hybridized carbons (Fsp3) is 0.423. The second-order valence-electron chi connectivity index (χ2n) is 9.56.